The Balaban J connectivity index is 1.03. The number of rotatable bonds is 10. The molecule has 0 amide bonds. The van der Waals surface area contributed by atoms with Gasteiger partial charge in [0.1, 0.15) is 21.3 Å². The quantitative estimate of drug-likeness (QED) is 0.121. The van der Waals surface area contributed by atoms with Crippen molar-refractivity contribution in [3.63, 3.8) is 0 Å². The summed E-state index contributed by atoms with van der Waals surface area (Å²) < 4.78 is 4.98. The van der Waals surface area contributed by atoms with Gasteiger partial charge in [0, 0.05) is 32.9 Å². The van der Waals surface area contributed by atoms with Crippen LogP contribution >= 0.6 is 0 Å². The Bertz CT molecular complexity index is 4380. The third-order valence-corrected chi connectivity index (χ3v) is 98.3. The van der Waals surface area contributed by atoms with Gasteiger partial charge < -0.3 is 9.13 Å². The molecule has 12 aromatic carbocycles. The fourth-order valence-electron chi connectivity index (χ4n) is 15.6. The summed E-state index contributed by atoms with van der Waals surface area (Å²) in [6.07, 6.45) is 0. The number of nitrogens with zero attached hydrogens (tertiary/aromatic N) is 2. The van der Waals surface area contributed by atoms with Gasteiger partial charge in [-0.05, 0) is 71.8 Å². The zero-order chi connectivity index (χ0) is 52.6. The van der Waals surface area contributed by atoms with Crippen LogP contribution in [0.2, 0.25) is 6.55 Å². The van der Waals surface area contributed by atoms with E-state index in [1.54, 1.807) is 31.1 Å². The molecule has 15 rings (SSSR count). The molecule has 0 spiro atoms. The summed E-state index contributed by atoms with van der Waals surface area (Å²) in [5, 5.41) is 15.9. The van der Waals surface area contributed by atoms with Crippen molar-refractivity contribution in [2.75, 3.05) is 0 Å². The number of hydrogen-bond acceptors (Lipinski definition) is 0. The molecule has 0 radical (unpaired) electrons. The Morgan fingerprint density at radius 3 is 0.937 bits per heavy atom. The Hall–Kier alpha value is -8.89. The van der Waals surface area contributed by atoms with Crippen molar-refractivity contribution in [1.29, 1.82) is 0 Å². The van der Waals surface area contributed by atoms with Crippen molar-refractivity contribution in [3.8, 4) is 22.5 Å². The minimum absolute atomic E-state index is 1.17. The molecule has 1 saturated heterocycles. The molecule has 14 aromatic rings. The fourth-order valence-corrected chi connectivity index (χ4v) is 140. The summed E-state index contributed by atoms with van der Waals surface area (Å²) in [6, 6.07) is 125. The average molecular weight is 1070 g/mol. The topological polar surface area (TPSA) is 9.86 Å². The third kappa shape index (κ3) is 6.48. The van der Waals surface area contributed by atoms with Gasteiger partial charge in [0.25, 0.3) is 0 Å². The van der Waals surface area contributed by atoms with Gasteiger partial charge in [0.05, 0.1) is 29.2 Å². The first-order valence-corrected chi connectivity index (χ1v) is 40.2. The lowest BCUT2D eigenvalue weighted by molar-refractivity contribution is 1.18. The van der Waals surface area contributed by atoms with E-state index in [1.165, 1.54) is 71.3 Å². The second-order valence-corrected chi connectivity index (χ2v) is 57.9. The molecule has 374 valence electrons. The van der Waals surface area contributed by atoms with Crippen molar-refractivity contribution < 1.29 is 0 Å². The average Bonchev–Trinajstić information content (AvgIpc) is 1.27. The van der Waals surface area contributed by atoms with Crippen LogP contribution in [0.4, 0.5) is 0 Å². The summed E-state index contributed by atoms with van der Waals surface area (Å²) in [7, 11) is -12.1. The van der Waals surface area contributed by atoms with E-state index >= 15 is 0 Å². The van der Waals surface area contributed by atoms with Crippen LogP contribution in [0.3, 0.4) is 0 Å². The summed E-state index contributed by atoms with van der Waals surface area (Å²) in [5.74, 6) is 0. The van der Waals surface area contributed by atoms with Gasteiger partial charge in [-0.15, -0.1) is 0 Å². The van der Waals surface area contributed by atoms with Crippen LogP contribution in [-0.4, -0.2) is 37.6 Å². The van der Waals surface area contributed by atoms with Gasteiger partial charge in [0.15, 0.2) is 0 Å². The summed E-state index contributed by atoms with van der Waals surface area (Å²) in [6.45, 7) is 2.88. The van der Waals surface area contributed by atoms with E-state index in [1.807, 2.05) is 0 Å². The molecule has 1 fully saturated rings. The van der Waals surface area contributed by atoms with Crippen LogP contribution in [0.15, 0.2) is 322 Å². The first kappa shape index (κ1) is 47.3. The fraction of sp³-hybridized carbons (Fsp3) is 0.0137. The van der Waals surface area contributed by atoms with E-state index in [4.69, 9.17) is 0 Å². The van der Waals surface area contributed by atoms with Crippen molar-refractivity contribution >= 4 is 108 Å². The predicted molar refractivity (Wildman–Crippen MR) is 346 cm³/mol. The van der Waals surface area contributed by atoms with Gasteiger partial charge in [-0.25, -0.2) is 0 Å². The second kappa shape index (κ2) is 18.6. The highest BCUT2D eigenvalue weighted by molar-refractivity contribution is 8.25. The smallest absolute Gasteiger partial charge is 0.120 e. The molecule has 6 heteroatoms. The van der Waals surface area contributed by atoms with E-state index in [0.717, 1.165) is 0 Å². The van der Waals surface area contributed by atoms with E-state index in [9.17, 15) is 0 Å². The SMILES string of the molecule is C[Si]1(c2ccccc2)[Si](c2ccccc2)(c2ccccc2)[Si](c2ccccc2)(c2cccc(-n3c4ccccc4c4cc(-c5ccc6c(c5)c5ccccc5n6-c5ccccc5)ccc43)c2)[Si]1(c1ccccc1)c1ccccc1. The molecule has 3 heterocycles. The number of fused-ring (bicyclic) bond motifs is 6. The Morgan fingerprint density at radius 2 is 0.519 bits per heavy atom. The minimum Gasteiger partial charge on any atom is -0.309 e. The van der Waals surface area contributed by atoms with Crippen molar-refractivity contribution in [2.45, 2.75) is 6.55 Å². The number of hydrogen-bond donors (Lipinski definition) is 0. The van der Waals surface area contributed by atoms with Gasteiger partial charge in [-0.3, -0.25) is 0 Å². The van der Waals surface area contributed by atoms with E-state index in [2.05, 4.69) is 337 Å². The molecule has 0 unspecified atom stereocenters. The van der Waals surface area contributed by atoms with Crippen molar-refractivity contribution in [2.24, 2.45) is 0 Å². The number of aromatic nitrogens is 2. The lowest BCUT2D eigenvalue weighted by atomic mass is 10.0. The molecule has 1 aliphatic heterocycles. The summed E-state index contributed by atoms with van der Waals surface area (Å²) in [4.78, 5) is 0. The van der Waals surface area contributed by atoms with Crippen LogP contribution in [0.25, 0.3) is 66.1 Å². The second-order valence-electron chi connectivity index (χ2n) is 21.6. The lowest BCUT2D eigenvalue weighted by Gasteiger charge is -2.78. The number of benzene rings is 12. The molecule has 1 aliphatic rings. The Labute approximate surface area is 465 Å². The molecule has 0 atom stereocenters. The Morgan fingerprint density at radius 1 is 0.215 bits per heavy atom. The van der Waals surface area contributed by atoms with Crippen molar-refractivity contribution in [3.05, 3.63) is 322 Å². The highest BCUT2D eigenvalue weighted by Crippen LogP contribution is 2.51. The van der Waals surface area contributed by atoms with Crippen LogP contribution < -0.4 is 36.3 Å². The maximum absolute atomic E-state index is 3.21. The highest BCUT2D eigenvalue weighted by Gasteiger charge is 2.92. The molecule has 2 aromatic heterocycles. The van der Waals surface area contributed by atoms with Crippen LogP contribution in [0, 0.1) is 0 Å². The molecule has 0 bridgehead atoms. The summed E-state index contributed by atoms with van der Waals surface area (Å²) >= 11 is 0. The molecule has 0 N–H and O–H groups in total. The monoisotopic (exact) mass is 1070 g/mol. The molecule has 0 saturated carbocycles. The standard InChI is InChI=1S/C73H56N2Si4/c1-76(59-31-11-3-12-32-59)77(60-33-13-4-14-34-60,61-35-15-5-16-36-61)79(64-41-21-8-22-42-64,78(76,62-37-17-6-18-38-62)63-39-19-7-20-40-63)65-43-27-30-58(54-65)75-71-47-26-24-45-67(71)69-53-56(49-51-73(69)75)55-48-50-72-68(52-55)66-44-23-25-46-70(66)74(72)57-28-9-2-10-29-57/h2-54H,1H3. The first-order valence-electron chi connectivity index (χ1n) is 27.7. The largest absolute Gasteiger partial charge is 0.309 e. The van der Waals surface area contributed by atoms with E-state index in [-0.39, 0.29) is 0 Å². The van der Waals surface area contributed by atoms with Gasteiger partial charge in [-0.2, -0.15) is 0 Å². The normalized spacial score (nSPS) is 17.5. The van der Waals surface area contributed by atoms with Gasteiger partial charge >= 0.3 is 0 Å². The zero-order valence-corrected chi connectivity index (χ0v) is 48.0. The maximum Gasteiger partial charge on any atom is 0.120 e. The lowest BCUT2D eigenvalue weighted by Crippen LogP contribution is -3.23. The molecule has 0 aliphatic carbocycles. The first-order chi connectivity index (χ1) is 39.1. The third-order valence-electron chi connectivity index (χ3n) is 18.2. The molecule has 2 nitrogen and oxygen atoms in total. The van der Waals surface area contributed by atoms with Crippen molar-refractivity contribution in [1.82, 2.24) is 9.13 Å². The Kier molecular flexibility index (Phi) is 11.2. The number of para-hydroxylation sites is 3. The summed E-state index contributed by atoms with van der Waals surface area (Å²) in [5.41, 5.74) is 9.64. The maximum atomic E-state index is 2.88. The molecule has 79 heavy (non-hydrogen) atoms. The zero-order valence-electron chi connectivity index (χ0n) is 44.0. The van der Waals surface area contributed by atoms with Crippen LogP contribution in [-0.2, 0) is 0 Å². The van der Waals surface area contributed by atoms with Crippen LogP contribution in [0.5, 0.6) is 0 Å². The van der Waals surface area contributed by atoms with E-state index < -0.39 is 28.4 Å². The van der Waals surface area contributed by atoms with Gasteiger partial charge in [0.2, 0.25) is 0 Å². The van der Waals surface area contributed by atoms with Crippen LogP contribution in [0.1, 0.15) is 0 Å². The van der Waals surface area contributed by atoms with E-state index in [0.29, 0.717) is 0 Å². The molecular formula is C73H56N2Si4. The molecular weight excluding hydrogens is 1020 g/mol. The van der Waals surface area contributed by atoms with Gasteiger partial charge in [-0.1, -0.05) is 304 Å². The predicted octanol–water partition coefficient (Wildman–Crippen LogP) is 13.0. The minimum atomic E-state index is -3.21. The highest BCUT2D eigenvalue weighted by atomic mass is 30.2.